The van der Waals surface area contributed by atoms with Crippen LogP contribution in [0.3, 0.4) is 0 Å². The summed E-state index contributed by atoms with van der Waals surface area (Å²) < 4.78 is 0. The largest absolute Gasteiger partial charge is 0.315 e. The van der Waals surface area contributed by atoms with E-state index in [0.29, 0.717) is 23.8 Å². The monoisotopic (exact) mass is 237 g/mol. The molecule has 1 saturated carbocycles. The lowest BCUT2D eigenvalue weighted by molar-refractivity contribution is -0.127. The van der Waals surface area contributed by atoms with E-state index in [4.69, 9.17) is 17.3 Å². The molecular formula is C13H16ClNO. The Morgan fingerprint density at radius 1 is 1.44 bits per heavy atom. The molecule has 0 radical (unpaired) electrons. The molecule has 2 nitrogen and oxygen atoms in total. The van der Waals surface area contributed by atoms with Gasteiger partial charge in [0.05, 0.1) is 0 Å². The van der Waals surface area contributed by atoms with E-state index in [1.54, 1.807) is 6.07 Å². The summed E-state index contributed by atoms with van der Waals surface area (Å²) in [6.45, 7) is 2.09. The first-order chi connectivity index (χ1) is 7.54. The van der Waals surface area contributed by atoms with Crippen molar-refractivity contribution in [2.24, 2.45) is 11.7 Å². The molecule has 0 aromatic heterocycles. The van der Waals surface area contributed by atoms with E-state index in [1.807, 2.05) is 18.2 Å². The lowest BCUT2D eigenvalue weighted by atomic mass is 9.73. The zero-order valence-corrected chi connectivity index (χ0v) is 10.1. The van der Waals surface area contributed by atoms with E-state index in [1.165, 1.54) is 0 Å². The minimum atomic E-state index is -0.870. The Kier molecular flexibility index (Phi) is 3.04. The Morgan fingerprint density at radius 2 is 2.12 bits per heavy atom. The third-order valence-electron chi connectivity index (χ3n) is 3.42. The van der Waals surface area contributed by atoms with Crippen molar-refractivity contribution in [1.29, 1.82) is 0 Å². The Balaban J connectivity index is 2.39. The van der Waals surface area contributed by atoms with Crippen LogP contribution in [0, 0.1) is 5.92 Å². The van der Waals surface area contributed by atoms with E-state index < -0.39 is 5.54 Å². The molecule has 0 heterocycles. The zero-order valence-electron chi connectivity index (χ0n) is 9.37. The van der Waals surface area contributed by atoms with Crippen LogP contribution in [-0.2, 0) is 10.3 Å². The number of hydrogen-bond donors (Lipinski definition) is 1. The number of ketones is 1. The molecule has 1 aliphatic rings. The Morgan fingerprint density at radius 3 is 2.75 bits per heavy atom. The molecule has 2 atom stereocenters. The van der Waals surface area contributed by atoms with E-state index in [0.717, 1.165) is 12.0 Å². The predicted octanol–water partition coefficient (Wildman–Crippen LogP) is 2.88. The number of halogens is 1. The maximum atomic E-state index is 12.1. The second kappa shape index (κ2) is 4.19. The van der Waals surface area contributed by atoms with E-state index >= 15 is 0 Å². The van der Waals surface area contributed by atoms with Crippen LogP contribution in [0.1, 0.15) is 31.7 Å². The van der Waals surface area contributed by atoms with Gasteiger partial charge in [-0.05, 0) is 30.4 Å². The SMILES string of the molecule is C[C@@H]1CC[C@@](N)(c2ccccc2Cl)C(=O)C1. The van der Waals surface area contributed by atoms with Crippen LogP contribution in [0.2, 0.25) is 5.02 Å². The Bertz CT molecular complexity index is 418. The van der Waals surface area contributed by atoms with E-state index in [2.05, 4.69) is 6.92 Å². The van der Waals surface area contributed by atoms with Gasteiger partial charge in [0.2, 0.25) is 0 Å². The number of carbonyl (C=O) groups excluding carboxylic acids is 1. The first kappa shape index (κ1) is 11.6. The number of nitrogens with two attached hydrogens (primary N) is 1. The molecule has 3 heteroatoms. The van der Waals surface area contributed by atoms with Crippen LogP contribution in [0.5, 0.6) is 0 Å². The predicted molar refractivity (Wildman–Crippen MR) is 65.3 cm³/mol. The topological polar surface area (TPSA) is 43.1 Å². The highest BCUT2D eigenvalue weighted by molar-refractivity contribution is 6.31. The highest BCUT2D eigenvalue weighted by Gasteiger charge is 2.40. The minimum absolute atomic E-state index is 0.111. The summed E-state index contributed by atoms with van der Waals surface area (Å²) in [4.78, 5) is 12.1. The van der Waals surface area contributed by atoms with Gasteiger partial charge in [-0.25, -0.2) is 0 Å². The summed E-state index contributed by atoms with van der Waals surface area (Å²) in [6, 6.07) is 7.37. The highest BCUT2D eigenvalue weighted by Crippen LogP contribution is 2.37. The summed E-state index contributed by atoms with van der Waals surface area (Å²) in [6.07, 6.45) is 2.23. The van der Waals surface area contributed by atoms with Gasteiger partial charge in [-0.2, -0.15) is 0 Å². The first-order valence-electron chi connectivity index (χ1n) is 5.61. The number of Topliss-reactive ketones (excluding diaryl/α,β-unsaturated/α-hetero) is 1. The molecule has 0 bridgehead atoms. The third kappa shape index (κ3) is 1.87. The van der Waals surface area contributed by atoms with Gasteiger partial charge in [0, 0.05) is 11.4 Å². The molecule has 0 unspecified atom stereocenters. The molecular weight excluding hydrogens is 222 g/mol. The number of hydrogen-bond acceptors (Lipinski definition) is 2. The van der Waals surface area contributed by atoms with Crippen LogP contribution >= 0.6 is 11.6 Å². The summed E-state index contributed by atoms with van der Waals surface area (Å²) in [5.41, 5.74) is 6.15. The van der Waals surface area contributed by atoms with Crippen molar-refractivity contribution in [1.82, 2.24) is 0 Å². The second-order valence-electron chi connectivity index (χ2n) is 4.72. The maximum absolute atomic E-state index is 12.1. The van der Waals surface area contributed by atoms with Gasteiger partial charge in [0.1, 0.15) is 5.54 Å². The van der Waals surface area contributed by atoms with Crippen molar-refractivity contribution in [2.45, 2.75) is 31.7 Å². The normalized spacial score (nSPS) is 30.4. The summed E-state index contributed by atoms with van der Waals surface area (Å²) in [5.74, 6) is 0.547. The second-order valence-corrected chi connectivity index (χ2v) is 5.13. The van der Waals surface area contributed by atoms with Crippen LogP contribution < -0.4 is 5.73 Å². The lowest BCUT2D eigenvalue weighted by Crippen LogP contribution is -2.48. The maximum Gasteiger partial charge on any atom is 0.157 e. The van der Waals surface area contributed by atoms with E-state index in [-0.39, 0.29) is 5.78 Å². The van der Waals surface area contributed by atoms with Gasteiger partial charge in [-0.15, -0.1) is 0 Å². The third-order valence-corrected chi connectivity index (χ3v) is 3.75. The highest BCUT2D eigenvalue weighted by atomic mass is 35.5. The van der Waals surface area contributed by atoms with Crippen LogP contribution in [-0.4, -0.2) is 5.78 Å². The fraction of sp³-hybridized carbons (Fsp3) is 0.462. The lowest BCUT2D eigenvalue weighted by Gasteiger charge is -2.35. The molecule has 86 valence electrons. The van der Waals surface area contributed by atoms with Crippen molar-refractivity contribution in [3.8, 4) is 0 Å². The first-order valence-corrected chi connectivity index (χ1v) is 5.99. The van der Waals surface area contributed by atoms with Crippen LogP contribution in [0.15, 0.2) is 24.3 Å². The Hall–Kier alpha value is -0.860. The Labute approximate surface area is 101 Å². The molecule has 1 fully saturated rings. The average Bonchev–Trinajstić information content (AvgIpc) is 2.25. The van der Waals surface area contributed by atoms with Gasteiger partial charge in [-0.1, -0.05) is 36.7 Å². The number of rotatable bonds is 1. The molecule has 2 rings (SSSR count). The zero-order chi connectivity index (χ0) is 11.8. The molecule has 0 saturated heterocycles. The van der Waals surface area contributed by atoms with Gasteiger partial charge < -0.3 is 5.73 Å². The van der Waals surface area contributed by atoms with Crippen LogP contribution in [0.4, 0.5) is 0 Å². The molecule has 1 aromatic carbocycles. The summed E-state index contributed by atoms with van der Waals surface area (Å²) in [5, 5.41) is 0.591. The number of carbonyl (C=O) groups is 1. The molecule has 1 aliphatic carbocycles. The van der Waals surface area contributed by atoms with Gasteiger partial charge in [0.25, 0.3) is 0 Å². The molecule has 0 amide bonds. The standard InChI is InChI=1S/C13H16ClNO/c1-9-6-7-13(15,12(16)8-9)10-4-2-3-5-11(10)14/h2-5,9H,6-8,15H2,1H3/t9-,13-/m1/s1. The van der Waals surface area contributed by atoms with Crippen molar-refractivity contribution >= 4 is 17.4 Å². The van der Waals surface area contributed by atoms with Crippen molar-refractivity contribution in [3.63, 3.8) is 0 Å². The summed E-state index contributed by atoms with van der Waals surface area (Å²) in [7, 11) is 0. The van der Waals surface area contributed by atoms with Gasteiger partial charge in [-0.3, -0.25) is 4.79 Å². The average molecular weight is 238 g/mol. The molecule has 0 aliphatic heterocycles. The molecule has 16 heavy (non-hydrogen) atoms. The molecule has 2 N–H and O–H groups in total. The fourth-order valence-electron chi connectivity index (χ4n) is 2.32. The molecule has 1 aromatic rings. The smallest absolute Gasteiger partial charge is 0.157 e. The quantitative estimate of drug-likeness (QED) is 0.816. The fourth-order valence-corrected chi connectivity index (χ4v) is 2.63. The number of benzene rings is 1. The van der Waals surface area contributed by atoms with Crippen molar-refractivity contribution < 1.29 is 4.79 Å². The summed E-state index contributed by atoms with van der Waals surface area (Å²) >= 11 is 6.12. The van der Waals surface area contributed by atoms with Crippen molar-refractivity contribution in [2.75, 3.05) is 0 Å². The minimum Gasteiger partial charge on any atom is -0.315 e. The van der Waals surface area contributed by atoms with Gasteiger partial charge in [0.15, 0.2) is 5.78 Å². The van der Waals surface area contributed by atoms with E-state index in [9.17, 15) is 4.79 Å². The van der Waals surface area contributed by atoms with Crippen molar-refractivity contribution in [3.05, 3.63) is 34.9 Å². The van der Waals surface area contributed by atoms with Gasteiger partial charge >= 0.3 is 0 Å². The molecule has 0 spiro atoms. The van der Waals surface area contributed by atoms with Crippen LogP contribution in [0.25, 0.3) is 0 Å².